The quantitative estimate of drug-likeness (QED) is 0.287. The van der Waals surface area contributed by atoms with Crippen LogP contribution in [0.5, 0.6) is 5.75 Å². The monoisotopic (exact) mass is 574 g/mol. The van der Waals surface area contributed by atoms with E-state index in [1.165, 1.54) is 4.90 Å². The van der Waals surface area contributed by atoms with Gasteiger partial charge >= 0.3 is 0 Å². The number of likely N-dealkylation sites (tertiary alicyclic amines) is 1. The maximum absolute atomic E-state index is 13.9. The van der Waals surface area contributed by atoms with Crippen molar-refractivity contribution in [3.05, 3.63) is 92.4 Å². The normalized spacial score (nSPS) is 17.3. The second-order valence-corrected chi connectivity index (χ2v) is 10.3. The van der Waals surface area contributed by atoms with Crippen molar-refractivity contribution >= 4 is 57.1 Å². The van der Waals surface area contributed by atoms with Gasteiger partial charge < -0.3 is 14.5 Å². The van der Waals surface area contributed by atoms with Gasteiger partial charge in [0.25, 0.3) is 5.91 Å². The van der Waals surface area contributed by atoms with Gasteiger partial charge in [-0.3, -0.25) is 9.59 Å². The number of halogens is 3. The van der Waals surface area contributed by atoms with Crippen molar-refractivity contribution in [2.24, 2.45) is 0 Å². The van der Waals surface area contributed by atoms with E-state index in [1.54, 1.807) is 24.1 Å². The molecule has 35 heavy (non-hydrogen) atoms. The van der Waals surface area contributed by atoms with Gasteiger partial charge in [-0.15, -0.1) is 0 Å². The van der Waals surface area contributed by atoms with E-state index >= 15 is 0 Å². The standard InChI is InChI=1S/C27H25BrCl2N2O3/c1-31(22-14-23(29)25(24(30)15-22)35-17-20-6-3-2-4-7-20)26(34)27(12-5-13-32(27)18-33)16-19-8-10-21(28)11-9-19/h2-4,6-11,14-15,18H,5,12-13,16-17H2,1H3. The topological polar surface area (TPSA) is 49.9 Å². The smallest absolute Gasteiger partial charge is 0.253 e. The van der Waals surface area contributed by atoms with Gasteiger partial charge in [0.15, 0.2) is 5.75 Å². The van der Waals surface area contributed by atoms with E-state index in [1.807, 2.05) is 54.6 Å². The molecule has 0 spiro atoms. The summed E-state index contributed by atoms with van der Waals surface area (Å²) in [5, 5.41) is 0.618. The number of anilines is 1. The Labute approximate surface area is 223 Å². The highest BCUT2D eigenvalue weighted by Gasteiger charge is 2.48. The minimum atomic E-state index is -0.980. The highest BCUT2D eigenvalue weighted by Crippen LogP contribution is 2.40. The third-order valence-electron chi connectivity index (χ3n) is 6.38. The average Bonchev–Trinajstić information content (AvgIpc) is 3.28. The summed E-state index contributed by atoms with van der Waals surface area (Å²) in [7, 11) is 1.68. The van der Waals surface area contributed by atoms with Gasteiger partial charge in [0, 0.05) is 30.2 Å². The number of benzene rings is 3. The first-order valence-corrected chi connectivity index (χ1v) is 12.8. The lowest BCUT2D eigenvalue weighted by Gasteiger charge is -2.38. The van der Waals surface area contributed by atoms with Gasteiger partial charge in [0.05, 0.1) is 10.0 Å². The zero-order valence-electron chi connectivity index (χ0n) is 19.2. The molecule has 1 atom stereocenters. The Kier molecular flexibility index (Phi) is 8.05. The third kappa shape index (κ3) is 5.50. The summed E-state index contributed by atoms with van der Waals surface area (Å²) in [5.74, 6) is 0.178. The lowest BCUT2D eigenvalue weighted by Crippen LogP contribution is -2.57. The molecular formula is C27H25BrCl2N2O3. The number of amides is 2. The summed E-state index contributed by atoms with van der Waals surface area (Å²) >= 11 is 16.5. The minimum Gasteiger partial charge on any atom is -0.486 e. The molecule has 0 bridgehead atoms. The molecule has 2 amide bonds. The van der Waals surface area contributed by atoms with E-state index in [2.05, 4.69) is 15.9 Å². The Balaban J connectivity index is 1.59. The summed E-state index contributed by atoms with van der Waals surface area (Å²) in [5.41, 5.74) is 1.52. The molecule has 1 saturated heterocycles. The minimum absolute atomic E-state index is 0.185. The first kappa shape index (κ1) is 25.5. The zero-order valence-corrected chi connectivity index (χ0v) is 22.3. The second-order valence-electron chi connectivity index (χ2n) is 8.61. The number of carbonyl (C=O) groups excluding carboxylic acids is 2. The Bertz CT molecular complexity index is 1180. The summed E-state index contributed by atoms with van der Waals surface area (Å²) in [4.78, 5) is 29.0. The van der Waals surface area contributed by atoms with Crippen LogP contribution in [0.2, 0.25) is 10.0 Å². The highest BCUT2D eigenvalue weighted by molar-refractivity contribution is 9.10. The van der Waals surface area contributed by atoms with Crippen molar-refractivity contribution in [2.75, 3.05) is 18.5 Å². The second kappa shape index (κ2) is 11.0. The molecular weight excluding hydrogens is 551 g/mol. The van der Waals surface area contributed by atoms with Crippen molar-refractivity contribution in [1.82, 2.24) is 4.90 Å². The molecule has 0 saturated carbocycles. The summed E-state index contributed by atoms with van der Waals surface area (Å²) in [6.07, 6.45) is 2.52. The van der Waals surface area contributed by atoms with Crippen molar-refractivity contribution in [2.45, 2.75) is 31.4 Å². The predicted octanol–water partition coefficient (Wildman–Crippen LogP) is 6.53. The van der Waals surface area contributed by atoms with Crippen LogP contribution in [0.25, 0.3) is 0 Å². The molecule has 0 N–H and O–H groups in total. The van der Waals surface area contributed by atoms with E-state index in [0.29, 0.717) is 47.5 Å². The molecule has 0 aromatic heterocycles. The van der Waals surface area contributed by atoms with E-state index in [4.69, 9.17) is 27.9 Å². The maximum atomic E-state index is 13.9. The Morgan fingerprint density at radius 1 is 1.09 bits per heavy atom. The fraction of sp³-hybridized carbons (Fsp3) is 0.259. The van der Waals surface area contributed by atoms with Crippen LogP contribution in [0, 0.1) is 0 Å². The molecule has 1 aliphatic rings. The van der Waals surface area contributed by atoms with Crippen LogP contribution >= 0.6 is 39.1 Å². The number of hydrogen-bond acceptors (Lipinski definition) is 3. The van der Waals surface area contributed by atoms with Gasteiger partial charge in [-0.2, -0.15) is 0 Å². The van der Waals surface area contributed by atoms with Gasteiger partial charge in [0.1, 0.15) is 12.1 Å². The van der Waals surface area contributed by atoms with Crippen LogP contribution in [-0.4, -0.2) is 36.3 Å². The SMILES string of the molecule is CN(C(=O)C1(Cc2ccc(Br)cc2)CCCN1C=O)c1cc(Cl)c(OCc2ccccc2)c(Cl)c1. The summed E-state index contributed by atoms with van der Waals surface area (Å²) in [6, 6.07) is 20.8. The average molecular weight is 576 g/mol. The Morgan fingerprint density at radius 3 is 2.37 bits per heavy atom. The molecule has 3 aromatic rings. The van der Waals surface area contributed by atoms with E-state index in [9.17, 15) is 9.59 Å². The van der Waals surface area contributed by atoms with E-state index < -0.39 is 5.54 Å². The first-order chi connectivity index (χ1) is 16.8. The fourth-order valence-electron chi connectivity index (χ4n) is 4.53. The number of rotatable bonds is 8. The zero-order chi connectivity index (χ0) is 25.0. The number of likely N-dealkylation sites (N-methyl/N-ethyl adjacent to an activating group) is 1. The molecule has 0 radical (unpaired) electrons. The van der Waals surface area contributed by atoms with Crippen LogP contribution in [-0.2, 0) is 22.6 Å². The largest absolute Gasteiger partial charge is 0.486 e. The molecule has 1 fully saturated rings. The predicted molar refractivity (Wildman–Crippen MR) is 143 cm³/mol. The first-order valence-electron chi connectivity index (χ1n) is 11.2. The van der Waals surface area contributed by atoms with Crippen LogP contribution in [0.4, 0.5) is 5.69 Å². The summed E-state index contributed by atoms with van der Waals surface area (Å²) < 4.78 is 6.82. The molecule has 1 heterocycles. The molecule has 1 unspecified atom stereocenters. The molecule has 8 heteroatoms. The lowest BCUT2D eigenvalue weighted by atomic mass is 9.86. The number of ether oxygens (including phenoxy) is 1. The molecule has 5 nitrogen and oxygen atoms in total. The van der Waals surface area contributed by atoms with Crippen molar-refractivity contribution < 1.29 is 14.3 Å². The molecule has 3 aromatic carbocycles. The number of hydrogen-bond donors (Lipinski definition) is 0. The van der Waals surface area contributed by atoms with Crippen molar-refractivity contribution in [3.63, 3.8) is 0 Å². The van der Waals surface area contributed by atoms with Crippen LogP contribution < -0.4 is 9.64 Å². The highest BCUT2D eigenvalue weighted by atomic mass is 79.9. The van der Waals surface area contributed by atoms with Crippen LogP contribution in [0.15, 0.2) is 71.2 Å². The fourth-order valence-corrected chi connectivity index (χ4v) is 5.37. The van der Waals surface area contributed by atoms with Crippen LogP contribution in [0.1, 0.15) is 24.0 Å². The lowest BCUT2D eigenvalue weighted by molar-refractivity contribution is -0.136. The molecule has 182 valence electrons. The van der Waals surface area contributed by atoms with E-state index in [-0.39, 0.29) is 5.91 Å². The van der Waals surface area contributed by atoms with Crippen molar-refractivity contribution in [1.29, 1.82) is 0 Å². The number of nitrogens with zero attached hydrogens (tertiary/aromatic N) is 2. The summed E-state index contributed by atoms with van der Waals surface area (Å²) in [6.45, 7) is 0.854. The Hall–Kier alpha value is -2.54. The van der Waals surface area contributed by atoms with Gasteiger partial charge in [0.2, 0.25) is 6.41 Å². The molecule has 0 aliphatic carbocycles. The van der Waals surface area contributed by atoms with Crippen LogP contribution in [0.3, 0.4) is 0 Å². The Morgan fingerprint density at radius 2 is 1.74 bits per heavy atom. The van der Waals surface area contributed by atoms with Gasteiger partial charge in [-0.05, 0) is 48.2 Å². The van der Waals surface area contributed by atoms with Gasteiger partial charge in [-0.1, -0.05) is 81.6 Å². The van der Waals surface area contributed by atoms with E-state index in [0.717, 1.165) is 28.4 Å². The maximum Gasteiger partial charge on any atom is 0.253 e. The molecule has 4 rings (SSSR count). The third-order valence-corrected chi connectivity index (χ3v) is 7.47. The van der Waals surface area contributed by atoms with Gasteiger partial charge in [-0.25, -0.2) is 0 Å². The number of carbonyl (C=O) groups is 2. The molecule has 1 aliphatic heterocycles. The van der Waals surface area contributed by atoms with Crippen molar-refractivity contribution in [3.8, 4) is 5.75 Å².